The largest absolute Gasteiger partial charge is 0.474 e. The van der Waals surface area contributed by atoms with E-state index in [9.17, 15) is 9.59 Å². The molecule has 0 spiro atoms. The average molecular weight is 173 g/mol. The van der Waals surface area contributed by atoms with Crippen molar-refractivity contribution in [3.05, 3.63) is 0 Å². The zero-order chi connectivity index (χ0) is 9.14. The first-order valence-electron chi connectivity index (χ1n) is 3.63. The zero-order valence-corrected chi connectivity index (χ0v) is 6.56. The van der Waals surface area contributed by atoms with E-state index in [1.165, 1.54) is 4.90 Å². The summed E-state index contributed by atoms with van der Waals surface area (Å²) in [6.45, 7) is 1.83. The highest BCUT2D eigenvalue weighted by atomic mass is 16.4. The Morgan fingerprint density at radius 3 is 2.08 bits per heavy atom. The van der Waals surface area contributed by atoms with Crippen LogP contribution >= 0.6 is 0 Å². The van der Waals surface area contributed by atoms with Gasteiger partial charge < -0.3 is 10.0 Å². The number of carboxylic acid groups (broad SMARTS) is 1. The number of nitrogens with zero attached hydrogens (tertiary/aromatic N) is 2. The fourth-order valence-electron chi connectivity index (χ4n) is 1.06. The van der Waals surface area contributed by atoms with Crippen molar-refractivity contribution in [2.75, 3.05) is 26.2 Å². The van der Waals surface area contributed by atoms with E-state index < -0.39 is 11.9 Å². The number of hydrogen-bond acceptors (Lipinski definition) is 4. The van der Waals surface area contributed by atoms with Gasteiger partial charge in [-0.1, -0.05) is 0 Å². The molecule has 0 bridgehead atoms. The summed E-state index contributed by atoms with van der Waals surface area (Å²) >= 11 is 0. The molecule has 3 N–H and O–H groups in total. The van der Waals surface area contributed by atoms with Gasteiger partial charge in [-0.2, -0.15) is 0 Å². The molecule has 0 aliphatic carbocycles. The second-order valence-electron chi connectivity index (χ2n) is 2.63. The van der Waals surface area contributed by atoms with Gasteiger partial charge in [0.25, 0.3) is 0 Å². The highest BCUT2D eigenvalue weighted by Crippen LogP contribution is 1.97. The number of nitrogens with two attached hydrogens (primary N) is 1. The molecule has 12 heavy (non-hydrogen) atoms. The SMILES string of the molecule is NN1CCN(C(=O)C(=O)O)CC1. The predicted octanol–water partition coefficient (Wildman–Crippen LogP) is -1.91. The van der Waals surface area contributed by atoms with Crippen molar-refractivity contribution in [1.29, 1.82) is 0 Å². The number of piperazine rings is 1. The third kappa shape index (κ3) is 1.93. The van der Waals surface area contributed by atoms with Crippen molar-refractivity contribution in [2.24, 2.45) is 5.84 Å². The number of rotatable bonds is 0. The molecule has 0 aromatic carbocycles. The molecule has 0 saturated carbocycles. The molecule has 1 rings (SSSR count). The van der Waals surface area contributed by atoms with Gasteiger partial charge in [0.1, 0.15) is 0 Å². The summed E-state index contributed by atoms with van der Waals surface area (Å²) in [6.07, 6.45) is 0. The van der Waals surface area contributed by atoms with Gasteiger partial charge in [-0.3, -0.25) is 10.6 Å². The Morgan fingerprint density at radius 2 is 1.67 bits per heavy atom. The summed E-state index contributed by atoms with van der Waals surface area (Å²) in [6, 6.07) is 0. The van der Waals surface area contributed by atoms with Crippen LogP contribution in [-0.2, 0) is 9.59 Å². The Labute approximate surface area is 69.5 Å². The first-order chi connectivity index (χ1) is 5.61. The number of aliphatic carboxylic acids is 1. The van der Waals surface area contributed by atoms with Gasteiger partial charge >= 0.3 is 11.9 Å². The van der Waals surface area contributed by atoms with E-state index in [1.54, 1.807) is 5.01 Å². The zero-order valence-electron chi connectivity index (χ0n) is 6.56. The molecule has 1 aliphatic heterocycles. The van der Waals surface area contributed by atoms with Gasteiger partial charge in [-0.25, -0.2) is 9.80 Å². The van der Waals surface area contributed by atoms with E-state index in [0.717, 1.165) is 0 Å². The standard InChI is InChI=1S/C6H11N3O3/c7-9-3-1-8(2-4-9)5(10)6(11)12/h1-4,7H2,(H,11,12). The minimum Gasteiger partial charge on any atom is -0.474 e. The van der Waals surface area contributed by atoms with Crippen LogP contribution in [0, 0.1) is 0 Å². The van der Waals surface area contributed by atoms with Gasteiger partial charge in [0.15, 0.2) is 0 Å². The average Bonchev–Trinajstić information content (AvgIpc) is 2.04. The molecular formula is C6H11N3O3. The second-order valence-corrected chi connectivity index (χ2v) is 2.63. The Hall–Kier alpha value is -1.14. The number of carbonyl (C=O) groups excluding carboxylic acids is 1. The Morgan fingerprint density at radius 1 is 1.17 bits per heavy atom. The van der Waals surface area contributed by atoms with Crippen LogP contribution in [0.1, 0.15) is 0 Å². The summed E-state index contributed by atoms with van der Waals surface area (Å²) in [5, 5.41) is 9.93. The first kappa shape index (κ1) is 8.95. The van der Waals surface area contributed by atoms with Gasteiger partial charge in [0.05, 0.1) is 0 Å². The number of carbonyl (C=O) groups is 2. The molecule has 1 aliphatic rings. The van der Waals surface area contributed by atoms with Crippen molar-refractivity contribution in [1.82, 2.24) is 9.91 Å². The summed E-state index contributed by atoms with van der Waals surface area (Å²) in [7, 11) is 0. The molecule has 1 fully saturated rings. The molecule has 0 unspecified atom stereocenters. The van der Waals surface area contributed by atoms with Crippen molar-refractivity contribution in [2.45, 2.75) is 0 Å². The summed E-state index contributed by atoms with van der Waals surface area (Å²) in [5.41, 5.74) is 0. The van der Waals surface area contributed by atoms with E-state index in [2.05, 4.69) is 0 Å². The van der Waals surface area contributed by atoms with Crippen LogP contribution in [0.15, 0.2) is 0 Å². The fourth-order valence-corrected chi connectivity index (χ4v) is 1.06. The Bertz CT molecular complexity index is 198. The lowest BCUT2D eigenvalue weighted by atomic mass is 10.3. The molecule has 6 nitrogen and oxygen atoms in total. The lowest BCUT2D eigenvalue weighted by Crippen LogP contribution is -2.52. The molecule has 0 atom stereocenters. The predicted molar refractivity (Wildman–Crippen MR) is 40.0 cm³/mol. The van der Waals surface area contributed by atoms with Crippen LogP contribution in [-0.4, -0.2) is 53.1 Å². The topological polar surface area (TPSA) is 86.9 Å². The highest BCUT2D eigenvalue weighted by Gasteiger charge is 2.23. The third-order valence-corrected chi connectivity index (χ3v) is 1.78. The van der Waals surface area contributed by atoms with Crippen LogP contribution in [0.25, 0.3) is 0 Å². The number of carboxylic acids is 1. The third-order valence-electron chi connectivity index (χ3n) is 1.78. The smallest absolute Gasteiger partial charge is 0.394 e. The lowest BCUT2D eigenvalue weighted by Gasteiger charge is -2.30. The molecule has 1 saturated heterocycles. The van der Waals surface area contributed by atoms with Gasteiger partial charge in [-0.05, 0) is 0 Å². The number of amides is 1. The summed E-state index contributed by atoms with van der Waals surface area (Å²) in [5.74, 6) is 3.17. The second kappa shape index (κ2) is 3.51. The Kier molecular flexibility index (Phi) is 2.61. The summed E-state index contributed by atoms with van der Waals surface area (Å²) in [4.78, 5) is 22.4. The van der Waals surface area contributed by atoms with Gasteiger partial charge in [0.2, 0.25) is 0 Å². The van der Waals surface area contributed by atoms with Gasteiger partial charge in [0, 0.05) is 26.2 Å². The maximum Gasteiger partial charge on any atom is 0.394 e. The molecule has 1 heterocycles. The van der Waals surface area contributed by atoms with E-state index >= 15 is 0 Å². The van der Waals surface area contributed by atoms with Crippen LogP contribution in [0.4, 0.5) is 0 Å². The Balaban J connectivity index is 2.44. The molecule has 68 valence electrons. The van der Waals surface area contributed by atoms with Crippen LogP contribution < -0.4 is 5.84 Å². The molecular weight excluding hydrogens is 162 g/mol. The van der Waals surface area contributed by atoms with E-state index in [-0.39, 0.29) is 0 Å². The minimum atomic E-state index is -1.40. The molecule has 0 aromatic rings. The quantitative estimate of drug-likeness (QED) is 0.329. The highest BCUT2D eigenvalue weighted by molar-refractivity contribution is 6.31. The van der Waals surface area contributed by atoms with Crippen LogP contribution in [0.5, 0.6) is 0 Å². The maximum absolute atomic E-state index is 10.9. The van der Waals surface area contributed by atoms with Crippen LogP contribution in [0.2, 0.25) is 0 Å². The maximum atomic E-state index is 10.9. The fraction of sp³-hybridized carbons (Fsp3) is 0.667. The van der Waals surface area contributed by atoms with Crippen molar-refractivity contribution in [3.63, 3.8) is 0 Å². The monoisotopic (exact) mass is 173 g/mol. The molecule has 1 amide bonds. The normalized spacial score (nSPS) is 19.2. The van der Waals surface area contributed by atoms with Crippen molar-refractivity contribution < 1.29 is 14.7 Å². The number of hydrogen-bond donors (Lipinski definition) is 2. The molecule has 0 radical (unpaired) electrons. The van der Waals surface area contributed by atoms with E-state index in [0.29, 0.717) is 26.2 Å². The van der Waals surface area contributed by atoms with E-state index in [1.807, 2.05) is 0 Å². The summed E-state index contributed by atoms with van der Waals surface area (Å²) < 4.78 is 0. The van der Waals surface area contributed by atoms with Crippen LogP contribution in [0.3, 0.4) is 0 Å². The van der Waals surface area contributed by atoms with Crippen molar-refractivity contribution in [3.8, 4) is 0 Å². The lowest BCUT2D eigenvalue weighted by molar-refractivity contribution is -0.156. The van der Waals surface area contributed by atoms with Gasteiger partial charge in [-0.15, -0.1) is 0 Å². The van der Waals surface area contributed by atoms with E-state index in [4.69, 9.17) is 10.9 Å². The minimum absolute atomic E-state index is 0.391. The van der Waals surface area contributed by atoms with Crippen molar-refractivity contribution >= 4 is 11.9 Å². The number of hydrazine groups is 1. The first-order valence-corrected chi connectivity index (χ1v) is 3.63. The molecule has 6 heteroatoms. The molecule has 0 aromatic heterocycles.